The molecule has 2 aliphatic heterocycles. The Morgan fingerprint density at radius 2 is 1.98 bits per heavy atom. The highest BCUT2D eigenvalue weighted by Gasteiger charge is 2.45. The van der Waals surface area contributed by atoms with Crippen LogP contribution in [0.5, 0.6) is 11.6 Å². The molecule has 2 saturated heterocycles. The van der Waals surface area contributed by atoms with Gasteiger partial charge in [0.15, 0.2) is 0 Å². The Labute approximate surface area is 227 Å². The van der Waals surface area contributed by atoms with Crippen LogP contribution in [-0.2, 0) is 14.4 Å². The number of hydroxylamine groups is 2. The van der Waals surface area contributed by atoms with Gasteiger partial charge in [-0.1, -0.05) is 6.07 Å². The smallest absolute Gasteiger partial charge is 0.493 e. The van der Waals surface area contributed by atoms with E-state index in [2.05, 4.69) is 20.2 Å². The summed E-state index contributed by atoms with van der Waals surface area (Å²) in [6.07, 6.45) is -2.56. The fraction of sp³-hybridized carbons (Fsp3) is 0.462. The third-order valence-electron chi connectivity index (χ3n) is 7.08. The number of aromatic nitrogens is 3. The van der Waals surface area contributed by atoms with Crippen molar-refractivity contribution in [3.05, 3.63) is 36.2 Å². The molecule has 4 heterocycles. The Balaban J connectivity index is 1.40. The zero-order chi connectivity index (χ0) is 28.6. The van der Waals surface area contributed by atoms with E-state index in [1.165, 1.54) is 0 Å². The minimum absolute atomic E-state index is 0.148. The molecule has 214 valence electrons. The molecule has 0 bridgehead atoms. The van der Waals surface area contributed by atoms with Crippen molar-refractivity contribution in [1.29, 1.82) is 0 Å². The van der Waals surface area contributed by atoms with Gasteiger partial charge in [0.25, 0.3) is 5.91 Å². The van der Waals surface area contributed by atoms with E-state index in [1.807, 2.05) is 25.1 Å². The SMILES string of the molecule is COc1cc(-c2cn3ncc(C)c3c(O[C@H](C)[C@@H]3CC(=O)N(OC(=O)C(F)(F)F)C3)n2)ccc1N1CCNCC1. The predicted molar refractivity (Wildman–Crippen MR) is 137 cm³/mol. The van der Waals surface area contributed by atoms with Crippen LogP contribution in [0.2, 0.25) is 0 Å². The van der Waals surface area contributed by atoms with Crippen LogP contribution in [0.3, 0.4) is 0 Å². The molecule has 1 amide bonds. The molecule has 0 spiro atoms. The van der Waals surface area contributed by atoms with Crippen LogP contribution < -0.4 is 19.7 Å². The van der Waals surface area contributed by atoms with Crippen molar-refractivity contribution in [2.75, 3.05) is 44.7 Å². The molecule has 0 aliphatic carbocycles. The quantitative estimate of drug-likeness (QED) is 0.465. The lowest BCUT2D eigenvalue weighted by Crippen LogP contribution is -2.43. The van der Waals surface area contributed by atoms with Crippen molar-refractivity contribution in [3.63, 3.8) is 0 Å². The van der Waals surface area contributed by atoms with Gasteiger partial charge in [-0.3, -0.25) is 4.79 Å². The number of carbonyl (C=O) groups excluding carboxylic acids is 2. The van der Waals surface area contributed by atoms with Gasteiger partial charge in [0.2, 0.25) is 5.88 Å². The van der Waals surface area contributed by atoms with Crippen molar-refractivity contribution in [3.8, 4) is 22.9 Å². The van der Waals surface area contributed by atoms with Gasteiger partial charge in [0, 0.05) is 49.6 Å². The van der Waals surface area contributed by atoms with E-state index in [9.17, 15) is 22.8 Å². The summed E-state index contributed by atoms with van der Waals surface area (Å²) in [5, 5.41) is 8.18. The number of halogens is 3. The molecule has 40 heavy (non-hydrogen) atoms. The number of nitrogens with zero attached hydrogens (tertiary/aromatic N) is 5. The lowest BCUT2D eigenvalue weighted by molar-refractivity contribution is -0.234. The van der Waals surface area contributed by atoms with Crippen LogP contribution in [0, 0.1) is 12.8 Å². The number of hydrogen-bond acceptors (Lipinski definition) is 9. The number of anilines is 1. The summed E-state index contributed by atoms with van der Waals surface area (Å²) in [6.45, 7) is 6.79. The number of benzene rings is 1. The summed E-state index contributed by atoms with van der Waals surface area (Å²) in [5.74, 6) is -2.77. The van der Waals surface area contributed by atoms with Crippen LogP contribution in [0.25, 0.3) is 16.8 Å². The Hall–Kier alpha value is -4.07. The Morgan fingerprint density at radius 1 is 1.23 bits per heavy atom. The van der Waals surface area contributed by atoms with Crippen LogP contribution in [0.4, 0.5) is 18.9 Å². The maximum absolute atomic E-state index is 12.6. The number of methoxy groups -OCH3 is 1. The summed E-state index contributed by atoms with van der Waals surface area (Å²) in [5.41, 5.74) is 3.73. The number of aryl methyl sites for hydroxylation is 1. The van der Waals surface area contributed by atoms with E-state index < -0.39 is 30.1 Å². The fourth-order valence-electron chi connectivity index (χ4n) is 4.88. The first-order valence-corrected chi connectivity index (χ1v) is 12.8. The average molecular weight is 563 g/mol. The van der Waals surface area contributed by atoms with Crippen LogP contribution in [0.15, 0.2) is 30.6 Å². The second-order valence-corrected chi connectivity index (χ2v) is 9.79. The van der Waals surface area contributed by atoms with E-state index in [0.717, 1.165) is 43.0 Å². The maximum Gasteiger partial charge on any atom is 0.493 e. The lowest BCUT2D eigenvalue weighted by atomic mass is 10.0. The second-order valence-electron chi connectivity index (χ2n) is 9.79. The summed E-state index contributed by atoms with van der Waals surface area (Å²) in [6, 6.07) is 5.83. The summed E-state index contributed by atoms with van der Waals surface area (Å²) < 4.78 is 51.4. The fourth-order valence-corrected chi connectivity index (χ4v) is 4.88. The van der Waals surface area contributed by atoms with E-state index in [4.69, 9.17) is 14.5 Å². The van der Waals surface area contributed by atoms with Crippen molar-refractivity contribution in [2.24, 2.45) is 5.92 Å². The largest absolute Gasteiger partial charge is 0.495 e. The highest BCUT2D eigenvalue weighted by Crippen LogP contribution is 2.35. The molecule has 0 radical (unpaired) electrons. The van der Waals surface area contributed by atoms with Gasteiger partial charge in [-0.15, -0.1) is 0 Å². The highest BCUT2D eigenvalue weighted by atomic mass is 19.4. The molecule has 0 unspecified atom stereocenters. The van der Waals surface area contributed by atoms with Gasteiger partial charge in [-0.25, -0.2) is 14.3 Å². The number of ether oxygens (including phenoxy) is 2. The Kier molecular flexibility index (Phi) is 7.45. The zero-order valence-corrected chi connectivity index (χ0v) is 22.2. The second kappa shape index (κ2) is 10.8. The summed E-state index contributed by atoms with van der Waals surface area (Å²) in [4.78, 5) is 34.7. The molecule has 5 rings (SSSR count). The number of alkyl halides is 3. The minimum Gasteiger partial charge on any atom is -0.495 e. The number of piperazine rings is 1. The van der Waals surface area contributed by atoms with Gasteiger partial charge < -0.3 is 24.5 Å². The monoisotopic (exact) mass is 562 g/mol. The first kappa shape index (κ1) is 27.5. The molecule has 2 fully saturated rings. The summed E-state index contributed by atoms with van der Waals surface area (Å²) in [7, 11) is 1.62. The normalized spacial score (nSPS) is 18.8. The number of amides is 1. The third kappa shape index (κ3) is 5.48. The number of fused-ring (bicyclic) bond motifs is 1. The van der Waals surface area contributed by atoms with Crippen LogP contribution in [0.1, 0.15) is 18.9 Å². The molecule has 2 aromatic heterocycles. The first-order valence-electron chi connectivity index (χ1n) is 12.8. The van der Waals surface area contributed by atoms with Gasteiger partial charge in [0.05, 0.1) is 37.4 Å². The Bertz CT molecular complexity index is 1420. The van der Waals surface area contributed by atoms with E-state index in [-0.39, 0.29) is 18.8 Å². The number of carbonyl (C=O) groups is 2. The van der Waals surface area contributed by atoms with Gasteiger partial charge in [0.1, 0.15) is 17.4 Å². The zero-order valence-electron chi connectivity index (χ0n) is 22.2. The maximum atomic E-state index is 12.6. The third-order valence-corrected chi connectivity index (χ3v) is 7.08. The van der Waals surface area contributed by atoms with Gasteiger partial charge >= 0.3 is 12.1 Å². The molecular weight excluding hydrogens is 533 g/mol. The molecule has 0 saturated carbocycles. The molecular formula is C26H29F3N6O5. The van der Waals surface area contributed by atoms with Crippen molar-refractivity contribution in [2.45, 2.75) is 32.5 Å². The Morgan fingerprint density at radius 3 is 2.67 bits per heavy atom. The van der Waals surface area contributed by atoms with Gasteiger partial charge in [-0.2, -0.15) is 23.3 Å². The van der Waals surface area contributed by atoms with Crippen molar-refractivity contribution < 1.29 is 37.1 Å². The van der Waals surface area contributed by atoms with Crippen molar-refractivity contribution >= 4 is 23.1 Å². The molecule has 2 aliphatic rings. The standard InChI is InChI=1S/C26H29F3N6O5/c1-15-12-31-34-14-19(17-4-5-20(21(10-17)38-3)33-8-6-30-7-9-33)32-24(23(15)34)39-16(2)18-11-22(36)35(13-18)40-25(37)26(27,28)29/h4-5,10,12,14,16,18,30H,6-9,11,13H2,1-3H3/t16-,18-/m1/s1. The number of hydrogen-bond donors (Lipinski definition) is 1. The molecule has 11 nitrogen and oxygen atoms in total. The van der Waals surface area contributed by atoms with Gasteiger partial charge in [-0.05, 0) is 26.0 Å². The number of nitrogens with one attached hydrogen (secondary N) is 1. The van der Waals surface area contributed by atoms with E-state index in [0.29, 0.717) is 22.0 Å². The summed E-state index contributed by atoms with van der Waals surface area (Å²) >= 11 is 0. The lowest BCUT2D eigenvalue weighted by Gasteiger charge is -2.30. The molecule has 3 aromatic rings. The predicted octanol–water partition coefficient (Wildman–Crippen LogP) is 2.76. The minimum atomic E-state index is -5.21. The highest BCUT2D eigenvalue weighted by molar-refractivity contribution is 5.82. The topological polar surface area (TPSA) is 111 Å². The van der Waals surface area contributed by atoms with Crippen molar-refractivity contribution in [1.82, 2.24) is 25.0 Å². The number of rotatable bonds is 7. The van der Waals surface area contributed by atoms with E-state index >= 15 is 0 Å². The van der Waals surface area contributed by atoms with Crippen LogP contribution >= 0.6 is 0 Å². The first-order chi connectivity index (χ1) is 19.0. The molecule has 14 heteroatoms. The molecule has 2 atom stereocenters. The van der Waals surface area contributed by atoms with Crippen LogP contribution in [-0.4, -0.2) is 83.7 Å². The average Bonchev–Trinajstić information content (AvgIpc) is 3.50. The molecule has 1 aromatic carbocycles. The van der Waals surface area contributed by atoms with E-state index in [1.54, 1.807) is 30.9 Å². The molecule has 1 N–H and O–H groups in total.